The Labute approximate surface area is 395 Å². The highest BCUT2D eigenvalue weighted by Gasteiger charge is 2.38. The van der Waals surface area contributed by atoms with Crippen LogP contribution in [0.15, 0.2) is 73.2 Å². The summed E-state index contributed by atoms with van der Waals surface area (Å²) in [4.78, 5) is 79.4. The first kappa shape index (κ1) is 47.8. The number of hydrogen-bond acceptors (Lipinski definition) is 12. The minimum atomic E-state index is -1.19. The van der Waals surface area contributed by atoms with Crippen LogP contribution in [-0.4, -0.2) is 117 Å². The van der Waals surface area contributed by atoms with Crippen LogP contribution in [0.4, 0.5) is 5.69 Å². The van der Waals surface area contributed by atoms with Gasteiger partial charge >= 0.3 is 5.97 Å². The number of carbonyl (C=O) groups excluding carboxylic acids is 5. The second kappa shape index (κ2) is 19.9. The predicted octanol–water partition coefficient (Wildman–Crippen LogP) is 4.99. The van der Waals surface area contributed by atoms with Crippen LogP contribution in [0.25, 0.3) is 33.3 Å². The summed E-state index contributed by atoms with van der Waals surface area (Å²) >= 11 is 0. The van der Waals surface area contributed by atoms with Crippen LogP contribution in [0.5, 0.6) is 5.75 Å². The molecule has 17 nitrogen and oxygen atoms in total. The SMILES string of the molecule is CCn1c(-c2cnccc2COC)c2c3cc(ccc31)-c1cc(O)cc(c1)C[C@H](NC(=O)C(C(C)C)N(C)C(=O)c1ccc(NC(=O)[C@@H]3CN3)cn1)C(=O)N1CCC[C@H](N1)C(=O)OCC(C)(C)C2. The molecule has 17 heteroatoms. The number of methoxy groups -OCH3 is 1. The number of anilines is 1. The number of rotatable bonds is 11. The molecule has 2 fully saturated rings. The summed E-state index contributed by atoms with van der Waals surface area (Å²) in [7, 11) is 3.18. The second-order valence-corrected chi connectivity index (χ2v) is 19.2. The fourth-order valence-electron chi connectivity index (χ4n) is 9.49. The van der Waals surface area contributed by atoms with Crippen molar-refractivity contribution in [1.29, 1.82) is 0 Å². The Morgan fingerprint density at radius 3 is 2.56 bits per heavy atom. The number of carbonyl (C=O) groups is 5. The molecule has 4 amide bonds. The standard InChI is InChI=1S/C51H61N9O8/c1-8-59-43-14-11-31-22-36(43)37(45(59)38-25-52-16-15-32(38)27-67-7)23-51(4,5)28-68-50(66)40-10-9-17-60(57-40)49(65)41(20-30-18-33(31)21-35(61)19-30)56-47(63)44(29(2)3)58(6)48(64)39-13-12-34(24-53-39)55-46(62)42-26-54-42/h11-16,18-19,21-22,24-25,29,40-42,44,54,57,61H,8-10,17,20,23,26-28H2,1-7H3,(H,55,62)(H,56,63)/t40-,41-,42-,44?/m0/s1. The predicted molar refractivity (Wildman–Crippen MR) is 256 cm³/mol. The van der Waals surface area contributed by atoms with Crippen LogP contribution in [-0.2, 0) is 54.6 Å². The smallest absolute Gasteiger partial charge is 0.324 e. The molecule has 2 saturated heterocycles. The Morgan fingerprint density at radius 1 is 1.06 bits per heavy atom. The van der Waals surface area contributed by atoms with Crippen molar-refractivity contribution >= 4 is 46.2 Å². The molecular formula is C51H61N9O8. The van der Waals surface area contributed by atoms with E-state index in [1.54, 1.807) is 45.4 Å². The molecule has 3 aliphatic heterocycles. The summed E-state index contributed by atoms with van der Waals surface area (Å²) in [6.45, 7) is 11.8. The molecule has 0 saturated carbocycles. The molecule has 4 atom stereocenters. The highest BCUT2D eigenvalue weighted by Crippen LogP contribution is 2.41. The quantitative estimate of drug-likeness (QED) is 0.0874. The first-order chi connectivity index (χ1) is 32.5. The van der Waals surface area contributed by atoms with Crippen LogP contribution in [0.1, 0.15) is 74.6 Å². The summed E-state index contributed by atoms with van der Waals surface area (Å²) in [5, 5.41) is 22.3. The second-order valence-electron chi connectivity index (χ2n) is 19.2. The molecule has 5 N–H and O–H groups in total. The van der Waals surface area contributed by atoms with Gasteiger partial charge in [0, 0.05) is 74.5 Å². The number of aromatic hydroxyl groups is 1. The Morgan fingerprint density at radius 2 is 1.85 bits per heavy atom. The number of esters is 1. The van der Waals surface area contributed by atoms with Crippen molar-refractivity contribution in [1.82, 2.24) is 40.5 Å². The van der Waals surface area contributed by atoms with E-state index in [2.05, 4.69) is 68.8 Å². The van der Waals surface area contributed by atoms with E-state index >= 15 is 0 Å². The van der Waals surface area contributed by atoms with Gasteiger partial charge in [-0.05, 0) is 102 Å². The van der Waals surface area contributed by atoms with Crippen LogP contribution >= 0.6 is 0 Å². The van der Waals surface area contributed by atoms with Gasteiger partial charge in [0.25, 0.3) is 11.8 Å². The molecule has 0 radical (unpaired) electrons. The summed E-state index contributed by atoms with van der Waals surface area (Å²) in [5.41, 5.74) is 10.1. The molecule has 8 rings (SSSR count). The average Bonchev–Trinajstić information content (AvgIpc) is 4.13. The van der Waals surface area contributed by atoms with E-state index in [4.69, 9.17) is 9.47 Å². The fourth-order valence-corrected chi connectivity index (χ4v) is 9.49. The van der Waals surface area contributed by atoms with Crippen molar-refractivity contribution < 1.29 is 38.6 Å². The highest BCUT2D eigenvalue weighted by molar-refractivity contribution is 5.99. The number of likely N-dealkylation sites (N-methyl/N-ethyl adjacent to an activating group) is 1. The fraction of sp³-hybridized carbons (Fsp3) is 0.431. The number of hydrazine groups is 1. The number of aryl methyl sites for hydroxylation is 1. The Kier molecular flexibility index (Phi) is 14.0. The molecule has 2 aromatic carbocycles. The zero-order valence-corrected chi connectivity index (χ0v) is 39.7. The van der Waals surface area contributed by atoms with Crippen LogP contribution in [0, 0.1) is 11.3 Å². The van der Waals surface area contributed by atoms with Gasteiger partial charge in [-0.25, -0.2) is 10.4 Å². The molecule has 0 spiro atoms. The molecule has 5 aromatic rings. The van der Waals surface area contributed by atoms with Gasteiger partial charge in [0.1, 0.15) is 29.6 Å². The van der Waals surface area contributed by atoms with Crippen molar-refractivity contribution in [3.8, 4) is 28.1 Å². The summed E-state index contributed by atoms with van der Waals surface area (Å²) < 4.78 is 14.0. The van der Waals surface area contributed by atoms with E-state index < -0.39 is 53.1 Å². The largest absolute Gasteiger partial charge is 0.508 e. The van der Waals surface area contributed by atoms with Crippen molar-refractivity contribution in [2.24, 2.45) is 11.3 Å². The highest BCUT2D eigenvalue weighted by atomic mass is 16.5. The van der Waals surface area contributed by atoms with Crippen molar-refractivity contribution in [3.63, 3.8) is 0 Å². The molecule has 6 bridgehead atoms. The van der Waals surface area contributed by atoms with Crippen LogP contribution < -0.4 is 21.4 Å². The number of ether oxygens (including phenoxy) is 2. The van der Waals surface area contributed by atoms with E-state index in [-0.39, 0.29) is 43.0 Å². The molecule has 358 valence electrons. The van der Waals surface area contributed by atoms with Crippen LogP contribution in [0.2, 0.25) is 0 Å². The minimum absolute atomic E-state index is 0.0242. The maximum Gasteiger partial charge on any atom is 0.324 e. The number of hydrogen-bond donors (Lipinski definition) is 5. The van der Waals surface area contributed by atoms with Gasteiger partial charge in [0.05, 0.1) is 36.8 Å². The lowest BCUT2D eigenvalue weighted by molar-refractivity contribution is -0.155. The van der Waals surface area contributed by atoms with E-state index in [1.165, 1.54) is 29.2 Å². The zero-order chi connectivity index (χ0) is 48.4. The van der Waals surface area contributed by atoms with Gasteiger partial charge in [0.2, 0.25) is 11.8 Å². The molecule has 6 heterocycles. The number of pyridine rings is 2. The van der Waals surface area contributed by atoms with Crippen LogP contribution in [0.3, 0.4) is 0 Å². The molecular weight excluding hydrogens is 867 g/mol. The Hall–Kier alpha value is -6.69. The first-order valence-electron chi connectivity index (χ1n) is 23.3. The summed E-state index contributed by atoms with van der Waals surface area (Å²) in [6.07, 6.45) is 6.45. The lowest BCUT2D eigenvalue weighted by Gasteiger charge is -2.36. The lowest BCUT2D eigenvalue weighted by atomic mass is 9.84. The minimum Gasteiger partial charge on any atom is -0.508 e. The summed E-state index contributed by atoms with van der Waals surface area (Å²) in [5.74, 6) is -2.73. The Balaban J connectivity index is 1.17. The molecule has 0 aliphatic carbocycles. The average molecular weight is 928 g/mol. The maximum absolute atomic E-state index is 14.7. The third-order valence-electron chi connectivity index (χ3n) is 12.9. The molecule has 3 aliphatic rings. The lowest BCUT2D eigenvalue weighted by Crippen LogP contribution is -2.62. The van der Waals surface area contributed by atoms with E-state index in [1.807, 2.05) is 24.4 Å². The van der Waals surface area contributed by atoms with Gasteiger partial charge in [-0.2, -0.15) is 0 Å². The van der Waals surface area contributed by atoms with Gasteiger partial charge in [-0.3, -0.25) is 34.0 Å². The normalized spacial score (nSPS) is 19.8. The number of nitrogens with one attached hydrogen (secondary N) is 4. The van der Waals surface area contributed by atoms with Crippen molar-refractivity contribution in [3.05, 3.63) is 95.6 Å². The Bertz CT molecular complexity index is 2730. The number of aromatic nitrogens is 3. The number of benzene rings is 2. The molecule has 1 unspecified atom stereocenters. The van der Waals surface area contributed by atoms with Gasteiger partial charge in [-0.1, -0.05) is 39.8 Å². The van der Waals surface area contributed by atoms with Gasteiger partial charge in [0.15, 0.2) is 0 Å². The van der Waals surface area contributed by atoms with E-state index in [9.17, 15) is 29.1 Å². The zero-order valence-electron chi connectivity index (χ0n) is 39.7. The number of amides is 4. The van der Waals surface area contributed by atoms with Crippen molar-refractivity contribution in [2.45, 2.75) is 97.6 Å². The molecule has 3 aromatic heterocycles. The summed E-state index contributed by atoms with van der Waals surface area (Å²) in [6, 6.07) is 13.1. The number of nitrogens with zero attached hydrogens (tertiary/aromatic N) is 5. The third-order valence-corrected chi connectivity index (χ3v) is 12.9. The molecule has 68 heavy (non-hydrogen) atoms. The van der Waals surface area contributed by atoms with E-state index in [0.717, 1.165) is 38.9 Å². The van der Waals surface area contributed by atoms with Gasteiger partial charge in [-0.15, -0.1) is 0 Å². The maximum atomic E-state index is 14.7. The number of phenolic OH excluding ortho intramolecular Hbond substituents is 1. The first-order valence-corrected chi connectivity index (χ1v) is 23.3. The number of cyclic esters (lactones) is 1. The van der Waals surface area contributed by atoms with Crippen molar-refractivity contribution in [2.75, 3.05) is 39.2 Å². The number of phenols is 1. The number of fused-ring (bicyclic) bond motifs is 6. The monoisotopic (exact) mass is 927 g/mol. The topological polar surface area (TPSA) is 219 Å². The van der Waals surface area contributed by atoms with Gasteiger partial charge < -0.3 is 40.0 Å². The van der Waals surface area contributed by atoms with E-state index in [0.29, 0.717) is 55.8 Å². The third kappa shape index (κ3) is 10.2.